The minimum atomic E-state index is 0.0941. The topological polar surface area (TPSA) is 0 Å². The SMILES string of the molecule is CC(C)(C)c1ccc(/C(=C\c2ccccc2)c2ccc(-c3c4ccccc4c(-c4ccc(/C(=C/c5ccccc5)c5ccc(C(C)(C)C)cc5)cc4)c4ccccc34)cc2)cc1. The molecule has 0 saturated heterocycles. The van der Waals surface area contributed by atoms with Crippen molar-refractivity contribution in [3.05, 3.63) is 251 Å². The van der Waals surface area contributed by atoms with Crippen molar-refractivity contribution in [1.82, 2.24) is 0 Å². The monoisotopic (exact) mass is 798 g/mol. The molecular formula is C62H54. The molecule has 0 atom stereocenters. The minimum absolute atomic E-state index is 0.0941. The van der Waals surface area contributed by atoms with Crippen LogP contribution in [0.1, 0.15) is 86.1 Å². The van der Waals surface area contributed by atoms with Gasteiger partial charge in [0.25, 0.3) is 0 Å². The van der Waals surface area contributed by atoms with Crippen molar-refractivity contribution in [2.75, 3.05) is 0 Å². The van der Waals surface area contributed by atoms with Crippen LogP contribution in [0.2, 0.25) is 0 Å². The van der Waals surface area contributed by atoms with Crippen LogP contribution in [0.25, 0.3) is 67.1 Å². The van der Waals surface area contributed by atoms with Crippen molar-refractivity contribution in [3.8, 4) is 22.3 Å². The number of hydrogen-bond acceptors (Lipinski definition) is 0. The largest absolute Gasteiger partial charge is 0.0622 e. The molecule has 0 aromatic heterocycles. The summed E-state index contributed by atoms with van der Waals surface area (Å²) >= 11 is 0. The van der Waals surface area contributed by atoms with Crippen LogP contribution in [-0.2, 0) is 10.8 Å². The fourth-order valence-corrected chi connectivity index (χ4v) is 8.78. The predicted molar refractivity (Wildman–Crippen MR) is 269 cm³/mol. The molecule has 0 fully saturated rings. The smallest absolute Gasteiger partial charge is 0.00264 e. The average molecular weight is 799 g/mol. The number of fused-ring (bicyclic) bond motifs is 2. The second-order valence-electron chi connectivity index (χ2n) is 18.6. The van der Waals surface area contributed by atoms with Crippen molar-refractivity contribution in [3.63, 3.8) is 0 Å². The fourth-order valence-electron chi connectivity index (χ4n) is 8.78. The van der Waals surface area contributed by atoms with Gasteiger partial charge in [-0.15, -0.1) is 0 Å². The molecule has 0 amide bonds. The third kappa shape index (κ3) is 8.34. The summed E-state index contributed by atoms with van der Waals surface area (Å²) in [5.41, 5.74) is 17.4. The second kappa shape index (κ2) is 16.8. The van der Waals surface area contributed by atoms with Gasteiger partial charge in [0.2, 0.25) is 0 Å². The van der Waals surface area contributed by atoms with Crippen LogP contribution >= 0.6 is 0 Å². The van der Waals surface area contributed by atoms with Gasteiger partial charge in [0.05, 0.1) is 0 Å². The lowest BCUT2D eigenvalue weighted by Gasteiger charge is -2.20. The average Bonchev–Trinajstić information content (AvgIpc) is 3.30. The Bertz CT molecular complexity index is 2770. The maximum Gasteiger partial charge on any atom is -0.00264 e. The first-order valence-corrected chi connectivity index (χ1v) is 21.9. The van der Waals surface area contributed by atoms with E-state index in [4.69, 9.17) is 0 Å². The van der Waals surface area contributed by atoms with E-state index in [1.54, 1.807) is 0 Å². The lowest BCUT2D eigenvalue weighted by molar-refractivity contribution is 0.590. The quantitative estimate of drug-likeness (QED) is 0.106. The first kappa shape index (κ1) is 40.4. The van der Waals surface area contributed by atoms with Gasteiger partial charge in [-0.05, 0) is 122 Å². The minimum Gasteiger partial charge on any atom is -0.0622 e. The van der Waals surface area contributed by atoms with Crippen LogP contribution in [0.15, 0.2) is 206 Å². The van der Waals surface area contributed by atoms with E-state index in [2.05, 4.69) is 260 Å². The summed E-state index contributed by atoms with van der Waals surface area (Å²) in [6.07, 6.45) is 4.63. The van der Waals surface area contributed by atoms with Gasteiger partial charge in [-0.1, -0.05) is 248 Å². The van der Waals surface area contributed by atoms with Crippen LogP contribution in [0.3, 0.4) is 0 Å². The van der Waals surface area contributed by atoms with Crippen molar-refractivity contribution in [2.24, 2.45) is 0 Å². The van der Waals surface area contributed by atoms with Crippen molar-refractivity contribution in [2.45, 2.75) is 52.4 Å². The maximum atomic E-state index is 2.31. The Kier molecular flexibility index (Phi) is 10.9. The van der Waals surface area contributed by atoms with Crippen molar-refractivity contribution < 1.29 is 0 Å². The zero-order chi connectivity index (χ0) is 42.8. The van der Waals surface area contributed by atoms with Gasteiger partial charge >= 0.3 is 0 Å². The van der Waals surface area contributed by atoms with E-state index in [0.717, 1.165) is 0 Å². The summed E-state index contributed by atoms with van der Waals surface area (Å²) in [5, 5.41) is 5.00. The summed E-state index contributed by atoms with van der Waals surface area (Å²) in [6, 6.07) is 75.9. The molecule has 0 nitrogen and oxygen atoms in total. The Morgan fingerprint density at radius 1 is 0.290 bits per heavy atom. The third-order valence-electron chi connectivity index (χ3n) is 12.2. The molecule has 0 aliphatic heterocycles. The van der Waals surface area contributed by atoms with Crippen LogP contribution in [0.4, 0.5) is 0 Å². The summed E-state index contributed by atoms with van der Waals surface area (Å²) in [6.45, 7) is 13.6. The van der Waals surface area contributed by atoms with E-state index in [0.29, 0.717) is 0 Å². The molecule has 0 unspecified atom stereocenters. The standard InChI is InChI=1S/C62H54/c1-61(2,3)51-37-33-47(34-38-51)57(41-43-17-9-7-10-18-43)45-25-29-49(30-26-45)59-53-21-13-15-23-55(53)60(56-24-16-14-22-54(56)59)50-31-27-46(28-32-50)58(42-44-19-11-8-12-20-44)48-35-39-52(40-36-48)62(4,5)6/h7-42H,1-6H3/b57-41-,58-42-. The van der Waals surface area contributed by atoms with E-state index in [-0.39, 0.29) is 10.8 Å². The van der Waals surface area contributed by atoms with E-state index in [1.807, 2.05) is 0 Å². The van der Waals surface area contributed by atoms with Crippen molar-refractivity contribution in [1.29, 1.82) is 0 Å². The van der Waals surface area contributed by atoms with Gasteiger partial charge in [0, 0.05) is 0 Å². The zero-order valence-electron chi connectivity index (χ0n) is 36.8. The molecule has 0 aliphatic carbocycles. The molecule has 9 aromatic carbocycles. The number of benzene rings is 9. The highest BCUT2D eigenvalue weighted by Gasteiger charge is 2.19. The second-order valence-corrected chi connectivity index (χ2v) is 18.6. The summed E-state index contributed by atoms with van der Waals surface area (Å²) in [4.78, 5) is 0. The molecule has 0 saturated carbocycles. The molecule has 62 heavy (non-hydrogen) atoms. The van der Waals surface area contributed by atoms with Crippen molar-refractivity contribution >= 4 is 44.8 Å². The molecule has 0 bridgehead atoms. The van der Waals surface area contributed by atoms with Gasteiger partial charge in [0.15, 0.2) is 0 Å². The molecule has 0 N–H and O–H groups in total. The highest BCUT2D eigenvalue weighted by molar-refractivity contribution is 6.21. The molecule has 9 aromatic rings. The molecule has 0 radical (unpaired) electrons. The van der Waals surface area contributed by atoms with Crippen LogP contribution in [0.5, 0.6) is 0 Å². The highest BCUT2D eigenvalue weighted by Crippen LogP contribution is 2.44. The number of rotatable bonds is 8. The van der Waals surface area contributed by atoms with Gasteiger partial charge in [-0.25, -0.2) is 0 Å². The lowest BCUT2D eigenvalue weighted by atomic mass is 9.84. The fraction of sp³-hybridized carbons (Fsp3) is 0.129. The Labute approximate surface area is 368 Å². The third-order valence-corrected chi connectivity index (χ3v) is 12.2. The first-order valence-electron chi connectivity index (χ1n) is 21.9. The Balaban J connectivity index is 1.13. The van der Waals surface area contributed by atoms with E-state index < -0.39 is 0 Å². The Morgan fingerprint density at radius 3 is 0.823 bits per heavy atom. The Hall–Kier alpha value is -7.02. The summed E-state index contributed by atoms with van der Waals surface area (Å²) in [5.74, 6) is 0. The van der Waals surface area contributed by atoms with Gasteiger partial charge in [-0.3, -0.25) is 0 Å². The Morgan fingerprint density at radius 2 is 0.548 bits per heavy atom. The first-order chi connectivity index (χ1) is 30.0. The van der Waals surface area contributed by atoms with Gasteiger partial charge < -0.3 is 0 Å². The van der Waals surface area contributed by atoms with Crippen LogP contribution in [0, 0.1) is 0 Å². The van der Waals surface area contributed by atoms with E-state index in [9.17, 15) is 0 Å². The van der Waals surface area contributed by atoms with Crippen LogP contribution in [-0.4, -0.2) is 0 Å². The molecule has 302 valence electrons. The predicted octanol–water partition coefficient (Wildman–Crippen LogP) is 17.1. The van der Waals surface area contributed by atoms with Gasteiger partial charge in [-0.2, -0.15) is 0 Å². The molecule has 0 heteroatoms. The van der Waals surface area contributed by atoms with Gasteiger partial charge in [0.1, 0.15) is 0 Å². The molecule has 0 heterocycles. The van der Waals surface area contributed by atoms with Crippen LogP contribution < -0.4 is 0 Å². The zero-order valence-corrected chi connectivity index (χ0v) is 36.8. The van der Waals surface area contributed by atoms with E-state index in [1.165, 1.54) is 99.5 Å². The molecular weight excluding hydrogens is 745 g/mol. The lowest BCUT2D eigenvalue weighted by Crippen LogP contribution is -2.10. The molecule has 9 rings (SSSR count). The summed E-state index contributed by atoms with van der Waals surface area (Å²) in [7, 11) is 0. The number of hydrogen-bond donors (Lipinski definition) is 0. The summed E-state index contributed by atoms with van der Waals surface area (Å²) < 4.78 is 0. The molecule has 0 aliphatic rings. The highest BCUT2D eigenvalue weighted by atomic mass is 14.2. The normalized spacial score (nSPS) is 12.5. The van der Waals surface area contributed by atoms with E-state index >= 15 is 0 Å². The molecule has 0 spiro atoms. The maximum absolute atomic E-state index is 2.31.